The third-order valence-corrected chi connectivity index (χ3v) is 5.38. The van der Waals surface area contributed by atoms with Gasteiger partial charge in [0.1, 0.15) is 17.9 Å². The van der Waals surface area contributed by atoms with Crippen molar-refractivity contribution in [3.8, 4) is 0 Å². The van der Waals surface area contributed by atoms with E-state index in [1.807, 2.05) is 0 Å². The maximum absolute atomic E-state index is 13.4. The van der Waals surface area contributed by atoms with Crippen LogP contribution in [0.1, 0.15) is 49.4 Å². The molecule has 2 aliphatic heterocycles. The molecule has 0 bridgehead atoms. The summed E-state index contributed by atoms with van der Waals surface area (Å²) < 4.78 is 0. The molecule has 4 amide bonds. The Morgan fingerprint density at radius 3 is 2.48 bits per heavy atom. The number of hydrogen-bond donors (Lipinski definition) is 3. The molecule has 3 N–H and O–H groups in total. The van der Waals surface area contributed by atoms with E-state index in [1.54, 1.807) is 30.3 Å². The average molecular weight is 669 g/mol. The third-order valence-electron chi connectivity index (χ3n) is 5.38. The van der Waals surface area contributed by atoms with Crippen molar-refractivity contribution in [1.29, 1.82) is 0 Å². The molecule has 2 saturated heterocycles. The first kappa shape index (κ1) is 27.0. The van der Waals surface area contributed by atoms with Crippen molar-refractivity contribution in [2.45, 2.75) is 51.1 Å². The molecule has 1 aromatic carbocycles. The SMILES string of the molecule is CC(=O)CC(=CO)NC(=O)[C@@H]1CCCN2C(=O)CC[C@H](NC(=O)c3ccccc3)C(=O)N12.[Ac]. The largest absolute Gasteiger partial charge is 0.514 e. The number of rotatable bonds is 6. The summed E-state index contributed by atoms with van der Waals surface area (Å²) in [6.07, 6.45) is 1.41. The number of allylic oxidation sites excluding steroid dienone is 1. The Bertz CT molecular complexity index is 951. The van der Waals surface area contributed by atoms with Gasteiger partial charge in [0.25, 0.3) is 11.8 Å². The molecule has 10 nitrogen and oxygen atoms in total. The summed E-state index contributed by atoms with van der Waals surface area (Å²) in [5.74, 6) is -2.20. The van der Waals surface area contributed by atoms with Crippen LogP contribution in [-0.4, -0.2) is 63.2 Å². The second-order valence-corrected chi connectivity index (χ2v) is 7.81. The second kappa shape index (κ2) is 12.3. The molecule has 11 heteroatoms. The van der Waals surface area contributed by atoms with Gasteiger partial charge in [0.15, 0.2) is 0 Å². The fraction of sp³-hybridized carbons (Fsp3) is 0.409. The zero-order valence-electron chi connectivity index (χ0n) is 18.3. The fourth-order valence-corrected chi connectivity index (χ4v) is 3.87. The monoisotopic (exact) mass is 669 g/mol. The summed E-state index contributed by atoms with van der Waals surface area (Å²) in [6, 6.07) is 6.40. The number of fused-ring (bicyclic) bond motifs is 1. The molecule has 2 heterocycles. The van der Waals surface area contributed by atoms with Gasteiger partial charge < -0.3 is 15.7 Å². The molecule has 1 aromatic rings. The maximum atomic E-state index is 13.4. The van der Waals surface area contributed by atoms with Crippen LogP contribution in [0.3, 0.4) is 0 Å². The number of hydrazine groups is 1. The molecule has 0 spiro atoms. The van der Waals surface area contributed by atoms with E-state index in [9.17, 15) is 29.1 Å². The topological polar surface area (TPSA) is 136 Å². The second-order valence-electron chi connectivity index (χ2n) is 7.81. The molecule has 33 heavy (non-hydrogen) atoms. The number of carbonyl (C=O) groups is 5. The number of hydrogen-bond acceptors (Lipinski definition) is 6. The van der Waals surface area contributed by atoms with Gasteiger partial charge >= 0.3 is 0 Å². The van der Waals surface area contributed by atoms with E-state index < -0.39 is 29.8 Å². The van der Waals surface area contributed by atoms with Crippen LogP contribution in [0.2, 0.25) is 0 Å². The summed E-state index contributed by atoms with van der Waals surface area (Å²) >= 11 is 0. The summed E-state index contributed by atoms with van der Waals surface area (Å²) in [7, 11) is 0. The first-order valence-corrected chi connectivity index (χ1v) is 10.4. The standard InChI is InChI=1S/C22H26N4O6.Ac/c1-14(28)12-16(13-27)23-21(31)18-8-5-11-25-19(29)10-9-17(22(32)26(18)25)24-20(30)15-6-3-2-4-7-15;/h2-4,6-7,13,17-18,27H,5,8-12H2,1H3,(H,23,31)(H,24,30);/t17-,18-;/m0./s1. The number of aliphatic hydroxyl groups is 1. The van der Waals surface area contributed by atoms with Gasteiger partial charge in [-0.05, 0) is 38.3 Å². The summed E-state index contributed by atoms with van der Waals surface area (Å²) in [5.41, 5.74) is 0.379. The van der Waals surface area contributed by atoms with Gasteiger partial charge in [0.05, 0.1) is 12.0 Å². The van der Waals surface area contributed by atoms with Crippen molar-refractivity contribution in [3.05, 3.63) is 47.9 Å². The van der Waals surface area contributed by atoms with Gasteiger partial charge in [-0.1, -0.05) is 18.2 Å². The zero-order chi connectivity index (χ0) is 23.3. The number of Topliss-reactive ketones (excluding diaryl/α,β-unsaturated/α-hetero) is 1. The molecule has 2 fully saturated rings. The van der Waals surface area contributed by atoms with Crippen molar-refractivity contribution in [2.24, 2.45) is 0 Å². The summed E-state index contributed by atoms with van der Waals surface area (Å²) in [4.78, 5) is 62.9. The third kappa shape index (κ3) is 6.64. The zero-order valence-corrected chi connectivity index (χ0v) is 23.1. The summed E-state index contributed by atoms with van der Waals surface area (Å²) in [6.45, 7) is 1.60. The van der Waals surface area contributed by atoms with Crippen molar-refractivity contribution < 1.29 is 73.1 Å². The van der Waals surface area contributed by atoms with Crippen LogP contribution in [-0.2, 0) is 19.2 Å². The van der Waals surface area contributed by atoms with Crippen molar-refractivity contribution in [3.63, 3.8) is 0 Å². The van der Waals surface area contributed by atoms with Crippen LogP contribution in [0.4, 0.5) is 0 Å². The van der Waals surface area contributed by atoms with Gasteiger partial charge in [-0.2, -0.15) is 0 Å². The number of nitrogens with one attached hydrogen (secondary N) is 2. The van der Waals surface area contributed by atoms with E-state index in [1.165, 1.54) is 11.9 Å². The van der Waals surface area contributed by atoms with Crippen molar-refractivity contribution in [1.82, 2.24) is 20.7 Å². The number of benzene rings is 1. The first-order valence-electron chi connectivity index (χ1n) is 10.4. The first-order chi connectivity index (χ1) is 15.3. The van der Waals surface area contributed by atoms with Crippen LogP contribution >= 0.6 is 0 Å². The molecule has 3 rings (SSSR count). The molecule has 173 valence electrons. The van der Waals surface area contributed by atoms with E-state index in [-0.39, 0.29) is 87.3 Å². The van der Waals surface area contributed by atoms with Gasteiger partial charge in [-0.25, -0.2) is 5.01 Å². The van der Waals surface area contributed by atoms with Crippen molar-refractivity contribution >= 4 is 29.4 Å². The van der Waals surface area contributed by atoms with Crippen LogP contribution in [0.15, 0.2) is 42.3 Å². The van der Waals surface area contributed by atoms with Gasteiger partial charge in [0, 0.05) is 69.0 Å². The quantitative estimate of drug-likeness (QED) is 0.384. The Labute approximate surface area is 227 Å². The molecular weight excluding hydrogens is 643 g/mol. The molecule has 0 unspecified atom stereocenters. The predicted octanol–water partition coefficient (Wildman–Crippen LogP) is 0.808. The van der Waals surface area contributed by atoms with Crippen LogP contribution in [0, 0.1) is 44.1 Å². The maximum Gasteiger partial charge on any atom is 0.264 e. The van der Waals surface area contributed by atoms with Gasteiger partial charge in [-0.15, -0.1) is 0 Å². The van der Waals surface area contributed by atoms with Gasteiger partial charge in [-0.3, -0.25) is 29.0 Å². The van der Waals surface area contributed by atoms with Crippen LogP contribution in [0.25, 0.3) is 0 Å². The van der Waals surface area contributed by atoms with E-state index in [4.69, 9.17) is 0 Å². The van der Waals surface area contributed by atoms with Crippen molar-refractivity contribution in [2.75, 3.05) is 6.54 Å². The number of carbonyl (C=O) groups excluding carboxylic acids is 5. The molecule has 1 radical (unpaired) electrons. The Balaban J connectivity index is 0.00000385. The Morgan fingerprint density at radius 1 is 1.15 bits per heavy atom. The summed E-state index contributed by atoms with van der Waals surface area (Å²) in [5, 5.41) is 16.9. The molecule has 0 aromatic heterocycles. The molecule has 0 saturated carbocycles. The van der Waals surface area contributed by atoms with E-state index in [0.717, 1.165) is 5.01 Å². The predicted molar refractivity (Wildman–Crippen MR) is 113 cm³/mol. The van der Waals surface area contributed by atoms with E-state index in [0.29, 0.717) is 24.7 Å². The van der Waals surface area contributed by atoms with Crippen LogP contribution < -0.4 is 10.6 Å². The molecule has 2 aliphatic rings. The molecule has 2 atom stereocenters. The van der Waals surface area contributed by atoms with Gasteiger partial charge in [0.2, 0.25) is 11.8 Å². The molecular formula is C22H26AcN4O6. The Kier molecular flexibility index (Phi) is 10.0. The average Bonchev–Trinajstić information content (AvgIpc) is 2.90. The number of nitrogens with zero attached hydrogens (tertiary/aromatic N) is 2. The van der Waals surface area contributed by atoms with E-state index in [2.05, 4.69) is 10.6 Å². The number of amides is 4. The Hall–Kier alpha value is -2.25. The minimum Gasteiger partial charge on any atom is -0.514 e. The van der Waals surface area contributed by atoms with E-state index >= 15 is 0 Å². The minimum absolute atomic E-state index is 0. The van der Waals surface area contributed by atoms with Crippen LogP contribution in [0.5, 0.6) is 0 Å². The smallest absolute Gasteiger partial charge is 0.264 e. The number of aliphatic hydroxyl groups excluding tert-OH is 1. The Morgan fingerprint density at radius 2 is 1.85 bits per heavy atom. The minimum atomic E-state index is -1.02. The fourth-order valence-electron chi connectivity index (χ4n) is 3.87. The number of ketones is 1. The molecule has 0 aliphatic carbocycles. The normalized spacial score (nSPS) is 20.8.